The van der Waals surface area contributed by atoms with Gasteiger partial charge in [0.1, 0.15) is 5.54 Å². The molecule has 3 heteroatoms. The van der Waals surface area contributed by atoms with Gasteiger partial charge in [0, 0.05) is 0 Å². The zero-order chi connectivity index (χ0) is 12.7. The van der Waals surface area contributed by atoms with E-state index in [-0.39, 0.29) is 5.97 Å². The number of hydrogen-bond donors (Lipinski definition) is 1. The van der Waals surface area contributed by atoms with Gasteiger partial charge in [-0.2, -0.15) is 0 Å². The van der Waals surface area contributed by atoms with Crippen LogP contribution in [0.1, 0.15) is 46.0 Å². The van der Waals surface area contributed by atoms with E-state index in [1.807, 2.05) is 13.8 Å². The lowest BCUT2D eigenvalue weighted by Crippen LogP contribution is -2.56. The maximum absolute atomic E-state index is 12.1. The second kappa shape index (κ2) is 6.66. The molecule has 1 aliphatic carbocycles. The molecule has 1 N–H and O–H groups in total. The summed E-state index contributed by atoms with van der Waals surface area (Å²) in [7, 11) is 0. The van der Waals surface area contributed by atoms with Crippen LogP contribution in [0.15, 0.2) is 0 Å². The standard InChI is InChI=1S/C14H23NO2/c1-4-11-15-14(3,13(16)17-5-2)12-9-7-6-8-10-12/h1,12,15H,5-11H2,2-3H3. The van der Waals surface area contributed by atoms with Crippen LogP contribution in [0.3, 0.4) is 0 Å². The Morgan fingerprint density at radius 3 is 2.65 bits per heavy atom. The zero-order valence-corrected chi connectivity index (χ0v) is 10.9. The number of esters is 1. The van der Waals surface area contributed by atoms with Crippen molar-refractivity contribution in [1.82, 2.24) is 5.32 Å². The number of hydrogen-bond acceptors (Lipinski definition) is 3. The predicted molar refractivity (Wildman–Crippen MR) is 68.4 cm³/mol. The summed E-state index contributed by atoms with van der Waals surface area (Å²) in [4.78, 5) is 12.1. The van der Waals surface area contributed by atoms with E-state index in [1.54, 1.807) is 0 Å². The topological polar surface area (TPSA) is 38.3 Å². The molecule has 0 aliphatic heterocycles. The Morgan fingerprint density at radius 1 is 1.47 bits per heavy atom. The van der Waals surface area contributed by atoms with E-state index in [2.05, 4.69) is 11.2 Å². The van der Waals surface area contributed by atoms with Crippen LogP contribution in [0.4, 0.5) is 0 Å². The van der Waals surface area contributed by atoms with Gasteiger partial charge in [-0.25, -0.2) is 0 Å². The Balaban J connectivity index is 2.75. The fourth-order valence-corrected chi connectivity index (χ4v) is 2.58. The molecule has 0 aromatic carbocycles. The minimum atomic E-state index is -0.622. The lowest BCUT2D eigenvalue weighted by Gasteiger charge is -2.38. The SMILES string of the molecule is C#CCNC(C)(C(=O)OCC)C1CCCCC1. The van der Waals surface area contributed by atoms with E-state index in [1.165, 1.54) is 19.3 Å². The van der Waals surface area contributed by atoms with Crippen molar-refractivity contribution >= 4 is 5.97 Å². The highest BCUT2D eigenvalue weighted by Crippen LogP contribution is 2.33. The van der Waals surface area contributed by atoms with Gasteiger partial charge in [0.25, 0.3) is 0 Å². The molecule has 1 fully saturated rings. The van der Waals surface area contributed by atoms with Crippen molar-refractivity contribution in [3.63, 3.8) is 0 Å². The molecule has 0 spiro atoms. The quantitative estimate of drug-likeness (QED) is 0.588. The van der Waals surface area contributed by atoms with Crippen molar-refractivity contribution in [2.75, 3.05) is 13.2 Å². The van der Waals surface area contributed by atoms with E-state index in [0.717, 1.165) is 12.8 Å². The van der Waals surface area contributed by atoms with Crippen LogP contribution < -0.4 is 5.32 Å². The average Bonchev–Trinajstić information content (AvgIpc) is 2.37. The number of carbonyl (C=O) groups is 1. The molecule has 0 aromatic heterocycles. The molecule has 0 radical (unpaired) electrons. The molecule has 0 heterocycles. The summed E-state index contributed by atoms with van der Waals surface area (Å²) >= 11 is 0. The van der Waals surface area contributed by atoms with Crippen molar-refractivity contribution in [3.8, 4) is 12.3 Å². The van der Waals surface area contributed by atoms with Crippen molar-refractivity contribution in [1.29, 1.82) is 0 Å². The minimum Gasteiger partial charge on any atom is -0.465 e. The van der Waals surface area contributed by atoms with Crippen LogP contribution in [0.2, 0.25) is 0 Å². The number of nitrogens with one attached hydrogen (secondary N) is 1. The highest BCUT2D eigenvalue weighted by atomic mass is 16.5. The Kier molecular flexibility index (Phi) is 5.50. The van der Waals surface area contributed by atoms with E-state index in [9.17, 15) is 4.79 Å². The Morgan fingerprint density at radius 2 is 2.12 bits per heavy atom. The molecular formula is C14H23NO2. The van der Waals surface area contributed by atoms with E-state index in [0.29, 0.717) is 19.1 Å². The molecular weight excluding hydrogens is 214 g/mol. The fourth-order valence-electron chi connectivity index (χ4n) is 2.58. The molecule has 0 aromatic rings. The number of carbonyl (C=O) groups excluding carboxylic acids is 1. The van der Waals surface area contributed by atoms with Crippen LogP contribution in [0.25, 0.3) is 0 Å². The van der Waals surface area contributed by atoms with Crippen LogP contribution in [0, 0.1) is 18.3 Å². The first-order chi connectivity index (χ1) is 8.15. The van der Waals surface area contributed by atoms with E-state index < -0.39 is 5.54 Å². The summed E-state index contributed by atoms with van der Waals surface area (Å²) in [5, 5.41) is 3.19. The molecule has 1 aliphatic rings. The monoisotopic (exact) mass is 237 g/mol. The summed E-state index contributed by atoms with van der Waals surface area (Å²) in [5.41, 5.74) is -0.622. The summed E-state index contributed by atoms with van der Waals surface area (Å²) < 4.78 is 5.19. The van der Waals surface area contributed by atoms with Gasteiger partial charge in [0.2, 0.25) is 0 Å². The lowest BCUT2D eigenvalue weighted by atomic mass is 9.75. The van der Waals surface area contributed by atoms with Gasteiger partial charge in [-0.15, -0.1) is 6.42 Å². The lowest BCUT2D eigenvalue weighted by molar-refractivity contribution is -0.153. The van der Waals surface area contributed by atoms with Crippen molar-refractivity contribution < 1.29 is 9.53 Å². The van der Waals surface area contributed by atoms with E-state index in [4.69, 9.17) is 11.2 Å². The molecule has 17 heavy (non-hydrogen) atoms. The van der Waals surface area contributed by atoms with Gasteiger partial charge in [-0.05, 0) is 32.6 Å². The molecule has 1 unspecified atom stereocenters. The van der Waals surface area contributed by atoms with Crippen molar-refractivity contribution in [2.24, 2.45) is 5.92 Å². The number of ether oxygens (including phenoxy) is 1. The maximum Gasteiger partial charge on any atom is 0.326 e. The normalized spacial score (nSPS) is 20.3. The average molecular weight is 237 g/mol. The second-order valence-electron chi connectivity index (χ2n) is 4.82. The molecule has 1 saturated carbocycles. The van der Waals surface area contributed by atoms with Crippen molar-refractivity contribution in [3.05, 3.63) is 0 Å². The Bertz CT molecular complexity index is 289. The molecule has 1 rings (SSSR count). The van der Waals surface area contributed by atoms with Crippen LogP contribution in [0.5, 0.6) is 0 Å². The summed E-state index contributed by atoms with van der Waals surface area (Å²) in [5.74, 6) is 2.71. The predicted octanol–water partition coefficient (Wildman–Crippen LogP) is 2.11. The first-order valence-electron chi connectivity index (χ1n) is 6.50. The van der Waals surface area contributed by atoms with Gasteiger partial charge in [-0.1, -0.05) is 25.2 Å². The summed E-state index contributed by atoms with van der Waals surface area (Å²) in [6.45, 7) is 4.59. The number of rotatable bonds is 5. The fraction of sp³-hybridized carbons (Fsp3) is 0.786. The minimum absolute atomic E-state index is 0.165. The Labute approximate surface area is 104 Å². The van der Waals surface area contributed by atoms with Gasteiger partial charge < -0.3 is 4.74 Å². The maximum atomic E-state index is 12.1. The molecule has 1 atom stereocenters. The molecule has 96 valence electrons. The van der Waals surface area contributed by atoms with Gasteiger partial charge in [-0.3, -0.25) is 10.1 Å². The van der Waals surface area contributed by atoms with Crippen molar-refractivity contribution in [2.45, 2.75) is 51.5 Å². The molecule has 3 nitrogen and oxygen atoms in total. The van der Waals surface area contributed by atoms with Crippen LogP contribution in [-0.4, -0.2) is 24.7 Å². The third-order valence-electron chi connectivity index (χ3n) is 3.68. The smallest absolute Gasteiger partial charge is 0.326 e. The van der Waals surface area contributed by atoms with E-state index >= 15 is 0 Å². The molecule has 0 amide bonds. The Hall–Kier alpha value is -1.01. The number of terminal acetylenes is 1. The molecule has 0 bridgehead atoms. The third-order valence-corrected chi connectivity index (χ3v) is 3.68. The summed E-state index contributed by atoms with van der Waals surface area (Å²) in [6, 6.07) is 0. The zero-order valence-electron chi connectivity index (χ0n) is 10.9. The summed E-state index contributed by atoms with van der Waals surface area (Å²) in [6.07, 6.45) is 11.1. The van der Waals surface area contributed by atoms with Gasteiger partial charge >= 0.3 is 5.97 Å². The largest absolute Gasteiger partial charge is 0.465 e. The van der Waals surface area contributed by atoms with Gasteiger partial charge in [0.05, 0.1) is 13.2 Å². The first kappa shape index (κ1) is 14.1. The third kappa shape index (κ3) is 3.47. The highest BCUT2D eigenvalue weighted by molar-refractivity contribution is 5.80. The second-order valence-corrected chi connectivity index (χ2v) is 4.82. The first-order valence-corrected chi connectivity index (χ1v) is 6.50. The van der Waals surface area contributed by atoms with Gasteiger partial charge in [0.15, 0.2) is 0 Å². The van der Waals surface area contributed by atoms with Crippen LogP contribution in [-0.2, 0) is 9.53 Å². The molecule has 0 saturated heterocycles. The van der Waals surface area contributed by atoms with Crippen LogP contribution >= 0.6 is 0 Å². The highest BCUT2D eigenvalue weighted by Gasteiger charge is 2.42.